The molecule has 0 unspecified atom stereocenters. The molecule has 1 rings (SSSR count). The van der Waals surface area contributed by atoms with Crippen LogP contribution >= 0.6 is 0 Å². The van der Waals surface area contributed by atoms with Crippen LogP contribution in [-0.4, -0.2) is 17.2 Å². The van der Waals surface area contributed by atoms with Gasteiger partial charge in [0.05, 0.1) is 6.21 Å². The van der Waals surface area contributed by atoms with Crippen molar-refractivity contribution in [3.8, 4) is 5.75 Å². The molecule has 92 valence electrons. The van der Waals surface area contributed by atoms with E-state index in [1.807, 2.05) is 13.8 Å². The number of hydrazone groups is 1. The highest BCUT2D eigenvalue weighted by atomic mass is 19.1. The maximum absolute atomic E-state index is 13.4. The third-order valence-electron chi connectivity index (χ3n) is 2.21. The Labute approximate surface area is 99.2 Å². The molecule has 2 N–H and O–H groups in total. The fraction of sp³-hybridized carbons (Fsp3) is 0.333. The summed E-state index contributed by atoms with van der Waals surface area (Å²) in [4.78, 5) is 10.6. The van der Waals surface area contributed by atoms with Crippen LogP contribution in [0.15, 0.2) is 17.2 Å². The molecule has 4 nitrogen and oxygen atoms in total. The topological polar surface area (TPSA) is 61.7 Å². The second-order valence-electron chi connectivity index (χ2n) is 4.02. The zero-order valence-corrected chi connectivity index (χ0v) is 9.99. The number of hydrogen-bond acceptors (Lipinski definition) is 3. The molecule has 1 aromatic rings. The van der Waals surface area contributed by atoms with Crippen molar-refractivity contribution in [1.29, 1.82) is 0 Å². The molecule has 0 bridgehead atoms. The van der Waals surface area contributed by atoms with Crippen molar-refractivity contribution in [3.05, 3.63) is 29.1 Å². The maximum Gasteiger partial charge on any atom is 0.236 e. The first-order valence-corrected chi connectivity index (χ1v) is 5.24. The highest BCUT2D eigenvalue weighted by Crippen LogP contribution is 2.25. The fourth-order valence-corrected chi connectivity index (χ4v) is 1.27. The molecule has 0 saturated heterocycles. The van der Waals surface area contributed by atoms with Gasteiger partial charge in [-0.05, 0) is 23.6 Å². The third kappa shape index (κ3) is 3.55. The Balaban J connectivity index is 3.05. The van der Waals surface area contributed by atoms with Crippen LogP contribution < -0.4 is 5.43 Å². The van der Waals surface area contributed by atoms with E-state index in [-0.39, 0.29) is 17.4 Å². The second kappa shape index (κ2) is 5.43. The standard InChI is InChI=1S/C12H15FN2O2/c1-7(2)9-4-10(6-14-15-8(3)16)12(17)11(13)5-9/h4-7,17H,1-3H3,(H,15,16)/b14-6+. The second-order valence-corrected chi connectivity index (χ2v) is 4.02. The first-order valence-electron chi connectivity index (χ1n) is 5.24. The van der Waals surface area contributed by atoms with E-state index < -0.39 is 11.6 Å². The predicted octanol–water partition coefficient (Wildman–Crippen LogP) is 2.12. The third-order valence-corrected chi connectivity index (χ3v) is 2.21. The molecule has 1 aromatic carbocycles. The monoisotopic (exact) mass is 238 g/mol. The van der Waals surface area contributed by atoms with E-state index in [4.69, 9.17) is 0 Å². The lowest BCUT2D eigenvalue weighted by molar-refractivity contribution is -0.118. The molecule has 0 aliphatic carbocycles. The van der Waals surface area contributed by atoms with Crippen molar-refractivity contribution in [1.82, 2.24) is 5.43 Å². The summed E-state index contributed by atoms with van der Waals surface area (Å²) >= 11 is 0. The average Bonchev–Trinajstić information content (AvgIpc) is 2.23. The van der Waals surface area contributed by atoms with Crippen LogP contribution in [0.1, 0.15) is 37.8 Å². The van der Waals surface area contributed by atoms with Gasteiger partial charge in [0, 0.05) is 12.5 Å². The molecule has 0 heterocycles. The molecule has 0 fully saturated rings. The van der Waals surface area contributed by atoms with E-state index in [0.29, 0.717) is 0 Å². The summed E-state index contributed by atoms with van der Waals surface area (Å²) in [7, 11) is 0. The van der Waals surface area contributed by atoms with Gasteiger partial charge in [-0.2, -0.15) is 5.10 Å². The van der Waals surface area contributed by atoms with Gasteiger partial charge in [0.15, 0.2) is 11.6 Å². The van der Waals surface area contributed by atoms with E-state index in [1.54, 1.807) is 6.07 Å². The number of phenolic OH excluding ortho intramolecular Hbond substituents is 1. The first-order chi connectivity index (χ1) is 7.91. The van der Waals surface area contributed by atoms with Crippen molar-refractivity contribution in [2.24, 2.45) is 5.10 Å². The van der Waals surface area contributed by atoms with Crippen molar-refractivity contribution in [3.63, 3.8) is 0 Å². The highest BCUT2D eigenvalue weighted by molar-refractivity contribution is 5.85. The number of halogens is 1. The normalized spacial score (nSPS) is 11.1. The maximum atomic E-state index is 13.4. The minimum absolute atomic E-state index is 0.137. The predicted molar refractivity (Wildman–Crippen MR) is 63.6 cm³/mol. The zero-order valence-electron chi connectivity index (χ0n) is 9.99. The fourth-order valence-electron chi connectivity index (χ4n) is 1.27. The van der Waals surface area contributed by atoms with Crippen LogP contribution in [0, 0.1) is 5.82 Å². The summed E-state index contributed by atoms with van der Waals surface area (Å²) in [5.74, 6) is -1.36. The van der Waals surface area contributed by atoms with Gasteiger partial charge in [0.1, 0.15) is 0 Å². The van der Waals surface area contributed by atoms with E-state index >= 15 is 0 Å². The van der Waals surface area contributed by atoms with E-state index in [1.165, 1.54) is 19.2 Å². The number of phenols is 1. The zero-order chi connectivity index (χ0) is 13.0. The number of amides is 1. The summed E-state index contributed by atoms with van der Waals surface area (Å²) in [6, 6.07) is 2.92. The van der Waals surface area contributed by atoms with Gasteiger partial charge in [-0.15, -0.1) is 0 Å². The van der Waals surface area contributed by atoms with E-state index in [0.717, 1.165) is 5.56 Å². The molecule has 0 saturated carbocycles. The number of hydrogen-bond donors (Lipinski definition) is 2. The molecule has 0 spiro atoms. The lowest BCUT2D eigenvalue weighted by Gasteiger charge is -2.08. The van der Waals surface area contributed by atoms with Gasteiger partial charge >= 0.3 is 0 Å². The molecule has 5 heteroatoms. The van der Waals surface area contributed by atoms with Crippen molar-refractivity contribution in [2.45, 2.75) is 26.7 Å². The van der Waals surface area contributed by atoms with Crippen LogP contribution in [-0.2, 0) is 4.79 Å². The molecule has 17 heavy (non-hydrogen) atoms. The van der Waals surface area contributed by atoms with Gasteiger partial charge in [0.2, 0.25) is 5.91 Å². The van der Waals surface area contributed by atoms with E-state index in [9.17, 15) is 14.3 Å². The minimum atomic E-state index is -0.694. The SMILES string of the molecule is CC(=O)N/N=C/c1cc(C(C)C)cc(F)c1O. The van der Waals surface area contributed by atoms with Gasteiger partial charge < -0.3 is 5.11 Å². The Kier molecular flexibility index (Phi) is 4.20. The lowest BCUT2D eigenvalue weighted by atomic mass is 10.0. The molecule has 0 aliphatic rings. The number of rotatable bonds is 3. The Morgan fingerprint density at radius 2 is 2.18 bits per heavy atom. The van der Waals surface area contributed by atoms with Crippen molar-refractivity contribution < 1.29 is 14.3 Å². The summed E-state index contributed by atoms with van der Waals surface area (Å²) < 4.78 is 13.4. The molecule has 0 radical (unpaired) electrons. The number of nitrogens with zero attached hydrogens (tertiary/aromatic N) is 1. The molecule has 1 amide bonds. The summed E-state index contributed by atoms with van der Waals surface area (Å²) in [5, 5.41) is 13.1. The molecule has 0 aliphatic heterocycles. The Morgan fingerprint density at radius 1 is 1.53 bits per heavy atom. The molecule has 0 aromatic heterocycles. The summed E-state index contributed by atoms with van der Waals surface area (Å²) in [6.45, 7) is 5.14. The quantitative estimate of drug-likeness (QED) is 0.626. The van der Waals surface area contributed by atoms with E-state index in [2.05, 4.69) is 10.5 Å². The van der Waals surface area contributed by atoms with Crippen molar-refractivity contribution >= 4 is 12.1 Å². The first kappa shape index (κ1) is 13.2. The van der Waals surface area contributed by atoms with Crippen LogP contribution in [0.4, 0.5) is 4.39 Å². The Bertz CT molecular complexity index is 456. The van der Waals surface area contributed by atoms with Crippen LogP contribution in [0.2, 0.25) is 0 Å². The number of carbonyl (C=O) groups excluding carboxylic acids is 1. The highest BCUT2D eigenvalue weighted by Gasteiger charge is 2.10. The van der Waals surface area contributed by atoms with Gasteiger partial charge in [-0.3, -0.25) is 4.79 Å². The van der Waals surface area contributed by atoms with Gasteiger partial charge in [-0.1, -0.05) is 13.8 Å². The Hall–Kier alpha value is -1.91. The van der Waals surface area contributed by atoms with Crippen molar-refractivity contribution in [2.75, 3.05) is 0 Å². The minimum Gasteiger partial charge on any atom is -0.504 e. The largest absolute Gasteiger partial charge is 0.504 e. The van der Waals surface area contributed by atoms with Gasteiger partial charge in [0.25, 0.3) is 0 Å². The summed E-state index contributed by atoms with van der Waals surface area (Å²) in [6.07, 6.45) is 1.21. The molecule has 0 atom stereocenters. The Morgan fingerprint density at radius 3 is 2.71 bits per heavy atom. The smallest absolute Gasteiger partial charge is 0.236 e. The number of aromatic hydroxyl groups is 1. The lowest BCUT2D eigenvalue weighted by Crippen LogP contribution is -2.12. The van der Waals surface area contributed by atoms with Crippen LogP contribution in [0.3, 0.4) is 0 Å². The number of carbonyl (C=O) groups is 1. The van der Waals surface area contributed by atoms with Crippen LogP contribution in [0.5, 0.6) is 5.75 Å². The van der Waals surface area contributed by atoms with Gasteiger partial charge in [-0.25, -0.2) is 9.82 Å². The number of benzene rings is 1. The molecular formula is C12H15FN2O2. The molecular weight excluding hydrogens is 223 g/mol. The number of nitrogens with one attached hydrogen (secondary N) is 1. The average molecular weight is 238 g/mol. The summed E-state index contributed by atoms with van der Waals surface area (Å²) in [5.41, 5.74) is 3.18. The van der Waals surface area contributed by atoms with Crippen LogP contribution in [0.25, 0.3) is 0 Å².